The highest BCUT2D eigenvalue weighted by Gasteiger charge is 2.29. The summed E-state index contributed by atoms with van der Waals surface area (Å²) in [4.78, 5) is 6.98. The number of benzene rings is 2. The lowest BCUT2D eigenvalue weighted by Gasteiger charge is -2.41. The summed E-state index contributed by atoms with van der Waals surface area (Å²) in [6.07, 6.45) is 1.09. The summed E-state index contributed by atoms with van der Waals surface area (Å²) in [6.45, 7) is 7.72. The van der Waals surface area contributed by atoms with Crippen molar-refractivity contribution in [1.82, 2.24) is 10.2 Å². The number of rotatable bonds is 7. The molecule has 0 atom stereocenters. The summed E-state index contributed by atoms with van der Waals surface area (Å²) < 4.78 is 10.6. The van der Waals surface area contributed by atoms with Crippen LogP contribution in [0.4, 0.5) is 0 Å². The molecule has 0 spiro atoms. The van der Waals surface area contributed by atoms with Crippen molar-refractivity contribution < 1.29 is 9.47 Å². The Morgan fingerprint density at radius 3 is 2.50 bits per heavy atom. The maximum Gasteiger partial charge on any atom is 0.188 e. The van der Waals surface area contributed by atoms with Gasteiger partial charge in [-0.05, 0) is 49.1 Å². The van der Waals surface area contributed by atoms with Crippen LogP contribution in [0.25, 0.3) is 0 Å². The molecule has 3 N–H and O–H groups in total. The Hall–Kier alpha value is -2.00. The average molecular weight is 524 g/mol. The van der Waals surface area contributed by atoms with Gasteiger partial charge in [-0.25, -0.2) is 4.99 Å². The molecular weight excluding hydrogens is 491 g/mol. The molecule has 0 amide bonds. The second kappa shape index (κ2) is 10.9. The Bertz CT molecular complexity index is 870. The Morgan fingerprint density at radius 2 is 1.80 bits per heavy atom. The van der Waals surface area contributed by atoms with Crippen LogP contribution in [0.5, 0.6) is 11.5 Å². The van der Waals surface area contributed by atoms with Gasteiger partial charge in [-0.1, -0.05) is 30.3 Å². The highest BCUT2D eigenvalue weighted by Crippen LogP contribution is 2.28. The molecule has 0 radical (unpaired) electrons. The number of hydrogen-bond acceptors (Lipinski definition) is 4. The van der Waals surface area contributed by atoms with Gasteiger partial charge >= 0.3 is 0 Å². The zero-order chi connectivity index (χ0) is 20.9. The monoisotopic (exact) mass is 524 g/mol. The van der Waals surface area contributed by atoms with Crippen LogP contribution < -0.4 is 20.5 Å². The molecule has 0 saturated heterocycles. The minimum atomic E-state index is -0.0307. The smallest absolute Gasteiger partial charge is 0.188 e. The molecule has 0 unspecified atom stereocenters. The number of nitrogens with one attached hydrogen (secondary N) is 1. The van der Waals surface area contributed by atoms with Crippen LogP contribution in [-0.2, 0) is 19.5 Å². The van der Waals surface area contributed by atoms with Crippen LogP contribution in [0, 0.1) is 0 Å². The van der Waals surface area contributed by atoms with Crippen molar-refractivity contribution in [3.8, 4) is 11.5 Å². The lowest BCUT2D eigenvalue weighted by molar-refractivity contribution is 0.107. The maximum atomic E-state index is 6.13. The van der Waals surface area contributed by atoms with E-state index in [0.717, 1.165) is 31.6 Å². The van der Waals surface area contributed by atoms with Gasteiger partial charge in [0.15, 0.2) is 17.5 Å². The summed E-state index contributed by atoms with van der Waals surface area (Å²) in [5.41, 5.74) is 9.99. The normalized spacial score (nSPS) is 14.5. The molecule has 7 heteroatoms. The van der Waals surface area contributed by atoms with E-state index in [-0.39, 0.29) is 29.5 Å². The summed E-state index contributed by atoms with van der Waals surface area (Å²) in [6, 6.07) is 14.5. The molecule has 2 aromatic rings. The lowest BCUT2D eigenvalue weighted by Crippen LogP contribution is -2.54. The summed E-state index contributed by atoms with van der Waals surface area (Å²) in [7, 11) is 3.25. The van der Waals surface area contributed by atoms with Gasteiger partial charge in [0.1, 0.15) is 0 Å². The van der Waals surface area contributed by atoms with Gasteiger partial charge in [-0.2, -0.15) is 0 Å². The molecule has 3 rings (SSSR count). The Labute approximate surface area is 196 Å². The average Bonchev–Trinajstić information content (AvgIpc) is 2.75. The third-order valence-corrected chi connectivity index (χ3v) is 5.57. The molecule has 0 bridgehead atoms. The van der Waals surface area contributed by atoms with Crippen LogP contribution in [-0.4, -0.2) is 43.7 Å². The van der Waals surface area contributed by atoms with Crippen molar-refractivity contribution in [1.29, 1.82) is 0 Å². The molecule has 0 saturated carbocycles. The SMILES string of the molecule is COc1ccc(CN=C(N)NCC(C)(C)N2CCc3ccccc3C2)cc1OC.I. The second-order valence-corrected chi connectivity index (χ2v) is 8.00. The summed E-state index contributed by atoms with van der Waals surface area (Å²) in [5.74, 6) is 1.85. The fourth-order valence-electron chi connectivity index (χ4n) is 3.64. The van der Waals surface area contributed by atoms with Gasteiger partial charge in [0.05, 0.1) is 20.8 Å². The number of halogens is 1. The fraction of sp³-hybridized carbons (Fsp3) is 0.435. The van der Waals surface area contributed by atoms with Crippen molar-refractivity contribution in [2.24, 2.45) is 10.7 Å². The van der Waals surface area contributed by atoms with Gasteiger partial charge in [0.25, 0.3) is 0 Å². The molecule has 2 aromatic carbocycles. The number of guanidine groups is 1. The van der Waals surface area contributed by atoms with E-state index < -0.39 is 0 Å². The van der Waals surface area contributed by atoms with Crippen LogP contribution in [0.3, 0.4) is 0 Å². The predicted molar refractivity (Wildman–Crippen MR) is 133 cm³/mol. The van der Waals surface area contributed by atoms with Gasteiger partial charge in [-0.3, -0.25) is 4.90 Å². The van der Waals surface area contributed by atoms with Crippen molar-refractivity contribution >= 4 is 29.9 Å². The fourth-order valence-corrected chi connectivity index (χ4v) is 3.64. The van der Waals surface area contributed by atoms with Crippen molar-refractivity contribution in [2.75, 3.05) is 27.3 Å². The minimum absolute atomic E-state index is 0. The van der Waals surface area contributed by atoms with E-state index in [1.165, 1.54) is 11.1 Å². The Kier molecular flexibility index (Phi) is 8.78. The number of ether oxygens (including phenoxy) is 2. The maximum absolute atomic E-state index is 6.13. The molecule has 0 aliphatic carbocycles. The van der Waals surface area contributed by atoms with Crippen LogP contribution in [0.1, 0.15) is 30.5 Å². The van der Waals surface area contributed by atoms with E-state index >= 15 is 0 Å². The lowest BCUT2D eigenvalue weighted by atomic mass is 9.94. The molecule has 164 valence electrons. The molecule has 1 heterocycles. The molecule has 0 fully saturated rings. The van der Waals surface area contributed by atoms with Gasteiger partial charge in [-0.15, -0.1) is 24.0 Å². The molecule has 1 aliphatic rings. The quantitative estimate of drug-likeness (QED) is 0.329. The topological polar surface area (TPSA) is 72.1 Å². The molecule has 1 aliphatic heterocycles. The van der Waals surface area contributed by atoms with E-state index in [4.69, 9.17) is 15.2 Å². The zero-order valence-corrected chi connectivity index (χ0v) is 20.6. The third kappa shape index (κ3) is 6.01. The van der Waals surface area contributed by atoms with E-state index in [2.05, 4.69) is 53.3 Å². The first-order valence-electron chi connectivity index (χ1n) is 9.99. The number of methoxy groups -OCH3 is 2. The van der Waals surface area contributed by atoms with Crippen LogP contribution >= 0.6 is 24.0 Å². The first-order valence-corrected chi connectivity index (χ1v) is 9.99. The second-order valence-electron chi connectivity index (χ2n) is 8.00. The van der Waals surface area contributed by atoms with Gasteiger partial charge in [0.2, 0.25) is 0 Å². The number of hydrogen-bond donors (Lipinski definition) is 2. The van der Waals surface area contributed by atoms with Crippen molar-refractivity contribution in [2.45, 2.75) is 38.9 Å². The van der Waals surface area contributed by atoms with Gasteiger partial charge in [0, 0.05) is 25.2 Å². The number of aliphatic imine (C=N–C) groups is 1. The third-order valence-electron chi connectivity index (χ3n) is 5.57. The Balaban J connectivity index is 0.00000320. The Morgan fingerprint density at radius 1 is 1.10 bits per heavy atom. The number of fused-ring (bicyclic) bond motifs is 1. The van der Waals surface area contributed by atoms with E-state index in [9.17, 15) is 0 Å². The molecule has 6 nitrogen and oxygen atoms in total. The zero-order valence-electron chi connectivity index (χ0n) is 18.3. The standard InChI is InChI=1S/C23H32N4O2.HI/c1-23(2,27-12-11-18-7-5-6-8-19(18)15-27)16-26-22(24)25-14-17-9-10-20(28-3)21(13-17)29-4;/h5-10,13H,11-12,14-16H2,1-4H3,(H3,24,25,26);1H. The molecule has 30 heavy (non-hydrogen) atoms. The molecular formula is C23H33IN4O2. The number of nitrogens with zero attached hydrogens (tertiary/aromatic N) is 2. The first kappa shape index (κ1) is 24.3. The van der Waals surface area contributed by atoms with E-state index in [1.807, 2.05) is 18.2 Å². The summed E-state index contributed by atoms with van der Waals surface area (Å²) >= 11 is 0. The van der Waals surface area contributed by atoms with Crippen molar-refractivity contribution in [3.63, 3.8) is 0 Å². The van der Waals surface area contributed by atoms with Crippen LogP contribution in [0.2, 0.25) is 0 Å². The highest BCUT2D eigenvalue weighted by atomic mass is 127. The van der Waals surface area contributed by atoms with Crippen LogP contribution in [0.15, 0.2) is 47.5 Å². The largest absolute Gasteiger partial charge is 0.493 e. The van der Waals surface area contributed by atoms with Crippen molar-refractivity contribution in [3.05, 3.63) is 59.2 Å². The summed E-state index contributed by atoms with van der Waals surface area (Å²) in [5, 5.41) is 3.30. The predicted octanol–water partition coefficient (Wildman–Crippen LogP) is 3.56. The number of nitrogens with two attached hydrogens (primary N) is 1. The first-order chi connectivity index (χ1) is 13.9. The highest BCUT2D eigenvalue weighted by molar-refractivity contribution is 14.0. The van der Waals surface area contributed by atoms with E-state index in [1.54, 1.807) is 14.2 Å². The van der Waals surface area contributed by atoms with E-state index in [0.29, 0.717) is 24.0 Å². The van der Waals surface area contributed by atoms with Gasteiger partial charge < -0.3 is 20.5 Å². The minimum Gasteiger partial charge on any atom is -0.493 e. The molecule has 0 aromatic heterocycles.